The molecule has 0 aliphatic carbocycles. The second kappa shape index (κ2) is 14.9. The molecule has 0 spiro atoms. The van der Waals surface area contributed by atoms with Crippen LogP contribution >= 0.6 is 0 Å². The Morgan fingerprint density at radius 1 is 0.955 bits per heavy atom. The third-order valence-electron chi connectivity index (χ3n) is 6.69. The van der Waals surface area contributed by atoms with Gasteiger partial charge in [-0.05, 0) is 38.5 Å². The number of nitrogens with zero attached hydrogens (tertiary/aromatic N) is 4. The van der Waals surface area contributed by atoms with E-state index in [1.165, 1.54) is 23.3 Å². The van der Waals surface area contributed by atoms with Gasteiger partial charge in [0.05, 0.1) is 25.3 Å². The zero-order valence-electron chi connectivity index (χ0n) is 24.9. The summed E-state index contributed by atoms with van der Waals surface area (Å²) in [7, 11) is 0. The molecule has 0 radical (unpaired) electrons. The number of rotatable bonds is 11. The number of carboxylic acid groups (broad SMARTS) is 1. The number of benzene rings is 2. The van der Waals surface area contributed by atoms with E-state index in [1.807, 2.05) is 44.2 Å². The van der Waals surface area contributed by atoms with E-state index >= 15 is 0 Å². The number of aromatic carboxylic acids is 1. The Labute approximate surface area is 255 Å². The van der Waals surface area contributed by atoms with Gasteiger partial charge in [0, 0.05) is 37.2 Å². The van der Waals surface area contributed by atoms with Crippen molar-refractivity contribution in [1.82, 2.24) is 25.2 Å². The lowest BCUT2D eigenvalue weighted by atomic mass is 10.0. The summed E-state index contributed by atoms with van der Waals surface area (Å²) >= 11 is 0. The molecule has 0 saturated carbocycles. The number of hydroxylamine groups is 2. The number of anilines is 1. The number of nitrogens with one attached hydrogen (secondary N) is 2. The Balaban J connectivity index is 1.57. The molecule has 3 aromatic rings. The molecule has 232 valence electrons. The lowest BCUT2D eigenvalue weighted by Gasteiger charge is -2.35. The van der Waals surface area contributed by atoms with Gasteiger partial charge in [-0.2, -0.15) is 0 Å². The summed E-state index contributed by atoms with van der Waals surface area (Å²) in [5.74, 6) is -1.16. The molecule has 1 aromatic heterocycles. The molecule has 1 aliphatic rings. The molecular weight excluding hydrogens is 568 g/mol. The summed E-state index contributed by atoms with van der Waals surface area (Å²) in [6.45, 7) is 6.77. The van der Waals surface area contributed by atoms with Gasteiger partial charge in [0.2, 0.25) is 5.91 Å². The molecule has 13 nitrogen and oxygen atoms in total. The first-order chi connectivity index (χ1) is 21.1. The number of piperazine rings is 1. The van der Waals surface area contributed by atoms with Crippen LogP contribution in [-0.2, 0) is 20.8 Å². The first kappa shape index (κ1) is 31.9. The van der Waals surface area contributed by atoms with Crippen LogP contribution in [0.5, 0.6) is 0 Å². The minimum Gasteiger partial charge on any atom is -0.478 e. The summed E-state index contributed by atoms with van der Waals surface area (Å²) in [5.41, 5.74) is 1.57. The van der Waals surface area contributed by atoms with Gasteiger partial charge in [-0.25, -0.2) is 19.6 Å². The molecule has 0 unspecified atom stereocenters. The quantitative estimate of drug-likeness (QED) is 0.275. The Bertz CT molecular complexity index is 1460. The van der Waals surface area contributed by atoms with Crippen molar-refractivity contribution in [3.05, 3.63) is 77.5 Å². The predicted octanol–water partition coefficient (Wildman–Crippen LogP) is 3.24. The highest BCUT2D eigenvalue weighted by atomic mass is 16.8. The van der Waals surface area contributed by atoms with E-state index in [-0.39, 0.29) is 62.4 Å². The third-order valence-corrected chi connectivity index (χ3v) is 6.69. The van der Waals surface area contributed by atoms with E-state index in [4.69, 9.17) is 9.57 Å². The zero-order valence-corrected chi connectivity index (χ0v) is 24.9. The number of amides is 2. The maximum absolute atomic E-state index is 13.8. The van der Waals surface area contributed by atoms with Crippen LogP contribution in [0.3, 0.4) is 0 Å². The molecule has 1 aliphatic heterocycles. The fourth-order valence-electron chi connectivity index (χ4n) is 4.57. The molecule has 44 heavy (non-hydrogen) atoms. The Morgan fingerprint density at radius 3 is 2.25 bits per heavy atom. The van der Waals surface area contributed by atoms with Crippen molar-refractivity contribution in [1.29, 1.82) is 0 Å². The van der Waals surface area contributed by atoms with Crippen LogP contribution in [0.15, 0.2) is 60.7 Å². The van der Waals surface area contributed by atoms with Crippen molar-refractivity contribution in [3.8, 4) is 11.4 Å². The lowest BCUT2D eigenvalue weighted by Crippen LogP contribution is -2.55. The standard InChI is InChI=1S/C31H36N6O7/c1-4-43-31(42)44-37-16-14-36(15-17-37)29(39)25(18-21-10-12-23(13-11-21)30(40)41)34-28(38)24-19-26(32-20(2)3)35-27(33-24)22-8-6-5-7-9-22/h5-13,19-20,25H,4,14-18H2,1-3H3,(H,34,38)(H,40,41)(H,32,33,35)/t25-/m0/s1. The van der Waals surface area contributed by atoms with Gasteiger partial charge in [-0.3, -0.25) is 9.59 Å². The molecule has 4 rings (SSSR count). The van der Waals surface area contributed by atoms with E-state index in [1.54, 1.807) is 24.0 Å². The number of carboxylic acids is 1. The second-order valence-corrected chi connectivity index (χ2v) is 10.4. The van der Waals surface area contributed by atoms with E-state index in [9.17, 15) is 24.3 Å². The van der Waals surface area contributed by atoms with E-state index in [0.29, 0.717) is 17.2 Å². The average molecular weight is 605 g/mol. The number of hydrogen-bond donors (Lipinski definition) is 3. The molecule has 3 N–H and O–H groups in total. The smallest absolute Gasteiger partial charge is 0.478 e. The highest BCUT2D eigenvalue weighted by Crippen LogP contribution is 2.19. The highest BCUT2D eigenvalue weighted by molar-refractivity contribution is 5.97. The first-order valence-corrected chi connectivity index (χ1v) is 14.4. The number of hydrogen-bond acceptors (Lipinski definition) is 10. The fraction of sp³-hybridized carbons (Fsp3) is 0.355. The van der Waals surface area contributed by atoms with Gasteiger partial charge in [0.1, 0.15) is 17.6 Å². The molecule has 13 heteroatoms. The number of aromatic nitrogens is 2. The lowest BCUT2D eigenvalue weighted by molar-refractivity contribution is -0.157. The van der Waals surface area contributed by atoms with Crippen LogP contribution in [0.4, 0.5) is 10.6 Å². The highest BCUT2D eigenvalue weighted by Gasteiger charge is 2.31. The molecule has 0 bridgehead atoms. The molecular formula is C31H36N6O7. The van der Waals surface area contributed by atoms with Gasteiger partial charge < -0.3 is 30.2 Å². The van der Waals surface area contributed by atoms with Gasteiger partial charge in [0.15, 0.2) is 5.82 Å². The molecule has 2 heterocycles. The second-order valence-electron chi connectivity index (χ2n) is 10.4. The van der Waals surface area contributed by atoms with Gasteiger partial charge in [0.25, 0.3) is 5.91 Å². The van der Waals surface area contributed by atoms with Crippen LogP contribution in [0.1, 0.15) is 47.2 Å². The third kappa shape index (κ3) is 8.74. The topological polar surface area (TPSA) is 163 Å². The van der Waals surface area contributed by atoms with E-state index in [2.05, 4.69) is 20.6 Å². The van der Waals surface area contributed by atoms with Gasteiger partial charge >= 0.3 is 12.1 Å². The summed E-state index contributed by atoms with van der Waals surface area (Å²) in [4.78, 5) is 66.3. The van der Waals surface area contributed by atoms with E-state index < -0.39 is 24.1 Å². The molecule has 2 amide bonds. The minimum absolute atomic E-state index is 0.0408. The van der Waals surface area contributed by atoms with Crippen LogP contribution in [0.25, 0.3) is 11.4 Å². The normalized spacial score (nSPS) is 14.0. The molecule has 2 aromatic carbocycles. The fourth-order valence-corrected chi connectivity index (χ4v) is 4.57. The number of carbonyl (C=O) groups is 4. The summed E-state index contributed by atoms with van der Waals surface area (Å²) in [6.07, 6.45) is -0.703. The van der Waals surface area contributed by atoms with Crippen molar-refractivity contribution in [3.63, 3.8) is 0 Å². The van der Waals surface area contributed by atoms with Crippen molar-refractivity contribution >= 4 is 29.8 Å². The van der Waals surface area contributed by atoms with Crippen molar-refractivity contribution in [2.75, 3.05) is 38.1 Å². The van der Waals surface area contributed by atoms with Crippen LogP contribution in [0.2, 0.25) is 0 Å². The summed E-state index contributed by atoms with van der Waals surface area (Å²) in [5, 5.41) is 16.8. The molecule has 1 atom stereocenters. The average Bonchev–Trinajstić information content (AvgIpc) is 3.01. The maximum atomic E-state index is 13.8. The van der Waals surface area contributed by atoms with Gasteiger partial charge in [-0.15, -0.1) is 5.06 Å². The SMILES string of the molecule is CCOC(=O)ON1CCN(C(=O)[C@H](Cc2ccc(C(=O)O)cc2)NC(=O)c2cc(NC(C)C)nc(-c3ccccc3)n2)CC1. The largest absolute Gasteiger partial charge is 0.527 e. The number of ether oxygens (including phenoxy) is 1. The van der Waals surface area contributed by atoms with E-state index in [0.717, 1.165) is 5.56 Å². The minimum atomic E-state index is -1.07. The summed E-state index contributed by atoms with van der Waals surface area (Å²) in [6, 6.07) is 16.0. The monoisotopic (exact) mass is 604 g/mol. The molecule has 1 fully saturated rings. The Kier molecular flexibility index (Phi) is 10.8. The van der Waals surface area contributed by atoms with Gasteiger partial charge in [-0.1, -0.05) is 42.5 Å². The van der Waals surface area contributed by atoms with Crippen molar-refractivity contribution in [2.24, 2.45) is 0 Å². The van der Waals surface area contributed by atoms with Crippen LogP contribution < -0.4 is 10.6 Å². The number of carbonyl (C=O) groups excluding carboxylic acids is 3. The Morgan fingerprint density at radius 2 is 1.64 bits per heavy atom. The first-order valence-electron chi connectivity index (χ1n) is 14.4. The Hall–Kier alpha value is -5.04. The zero-order chi connectivity index (χ0) is 31.6. The van der Waals surface area contributed by atoms with Crippen molar-refractivity contribution < 1.29 is 33.9 Å². The predicted molar refractivity (Wildman–Crippen MR) is 161 cm³/mol. The maximum Gasteiger partial charge on any atom is 0.527 e. The summed E-state index contributed by atoms with van der Waals surface area (Å²) < 4.78 is 4.82. The molecule has 1 saturated heterocycles. The van der Waals surface area contributed by atoms with Crippen LogP contribution in [0, 0.1) is 0 Å². The van der Waals surface area contributed by atoms with Crippen molar-refractivity contribution in [2.45, 2.75) is 39.3 Å². The van der Waals surface area contributed by atoms with Crippen LogP contribution in [-0.4, -0.2) is 93.8 Å².